The minimum atomic E-state index is -2.92. The molecule has 10 nitrogen and oxygen atoms in total. The molecule has 2 fully saturated rings. The topological polar surface area (TPSA) is 198 Å². The Labute approximate surface area is 169 Å². The van der Waals surface area contributed by atoms with Gasteiger partial charge in [-0.3, -0.25) is 24.0 Å². The fraction of sp³-hybridized carbons (Fsp3) is 0.450. The highest BCUT2D eigenvalue weighted by molar-refractivity contribution is 6.31. The van der Waals surface area contributed by atoms with E-state index in [4.69, 9.17) is 11.5 Å². The molecule has 2 unspecified atom stereocenters. The molecule has 1 aromatic carbocycles. The van der Waals surface area contributed by atoms with E-state index in [2.05, 4.69) is 0 Å². The summed E-state index contributed by atoms with van der Waals surface area (Å²) < 4.78 is 0. The summed E-state index contributed by atoms with van der Waals surface area (Å²) >= 11 is 0. The number of phenolic OH excluding ortho intramolecular Hbond substituents is 1. The number of Topliss-reactive ketones (excluding diaryl/α,β-unsaturated/α-hetero) is 4. The molecule has 4 rings (SSSR count). The molecule has 0 heterocycles. The molecule has 7 N–H and O–H groups in total. The molecule has 0 spiro atoms. The van der Waals surface area contributed by atoms with Crippen LogP contribution in [0.2, 0.25) is 0 Å². The number of benzene rings is 1. The summed E-state index contributed by atoms with van der Waals surface area (Å²) in [7, 11) is 0. The third kappa shape index (κ3) is 2.23. The summed E-state index contributed by atoms with van der Waals surface area (Å²) in [6.07, 6.45) is -2.20. The molecular formula is C20H20N2O8. The van der Waals surface area contributed by atoms with Gasteiger partial charge in [0.1, 0.15) is 5.75 Å². The van der Waals surface area contributed by atoms with Crippen LogP contribution < -0.4 is 11.5 Å². The quantitative estimate of drug-likeness (QED) is 0.204. The van der Waals surface area contributed by atoms with Crippen LogP contribution in [0.5, 0.6) is 5.75 Å². The van der Waals surface area contributed by atoms with Gasteiger partial charge < -0.3 is 26.8 Å². The minimum Gasteiger partial charge on any atom is -0.505 e. The largest absolute Gasteiger partial charge is 0.505 e. The third-order valence-electron chi connectivity index (χ3n) is 6.89. The summed E-state index contributed by atoms with van der Waals surface area (Å²) in [4.78, 5) is 63.3. The van der Waals surface area contributed by atoms with Gasteiger partial charge in [0, 0.05) is 18.3 Å². The van der Waals surface area contributed by atoms with Gasteiger partial charge in [-0.2, -0.15) is 0 Å². The van der Waals surface area contributed by atoms with Crippen molar-refractivity contribution in [2.45, 2.75) is 31.0 Å². The smallest absolute Gasteiger partial charge is 0.235 e. The van der Waals surface area contributed by atoms with Crippen molar-refractivity contribution in [3.05, 3.63) is 23.3 Å². The molecule has 0 aliphatic heterocycles. The Morgan fingerprint density at radius 2 is 1.80 bits per heavy atom. The Morgan fingerprint density at radius 1 is 1.17 bits per heavy atom. The van der Waals surface area contributed by atoms with Crippen LogP contribution in [0.3, 0.4) is 0 Å². The molecule has 7 atom stereocenters. The number of aliphatic hydroxyl groups excluding tert-OH is 1. The van der Waals surface area contributed by atoms with E-state index in [1.54, 1.807) is 6.92 Å². The van der Waals surface area contributed by atoms with Crippen LogP contribution in [0.15, 0.2) is 12.1 Å². The number of aliphatic hydroxyl groups is 2. The number of primary amides is 1. The van der Waals surface area contributed by atoms with Crippen molar-refractivity contribution in [2.75, 3.05) is 5.73 Å². The van der Waals surface area contributed by atoms with Gasteiger partial charge >= 0.3 is 0 Å². The number of rotatable bonds is 1. The van der Waals surface area contributed by atoms with Crippen molar-refractivity contribution in [3.8, 4) is 5.75 Å². The van der Waals surface area contributed by atoms with Gasteiger partial charge in [-0.15, -0.1) is 0 Å². The van der Waals surface area contributed by atoms with E-state index in [0.29, 0.717) is 5.56 Å². The van der Waals surface area contributed by atoms with Gasteiger partial charge in [0.05, 0.1) is 23.3 Å². The number of carbonyl (C=O) groups excluding carboxylic acids is 5. The van der Waals surface area contributed by atoms with E-state index in [0.717, 1.165) is 0 Å². The van der Waals surface area contributed by atoms with Crippen LogP contribution >= 0.6 is 0 Å². The number of anilines is 1. The summed E-state index contributed by atoms with van der Waals surface area (Å²) in [5.41, 5.74) is 7.91. The van der Waals surface area contributed by atoms with E-state index >= 15 is 0 Å². The van der Waals surface area contributed by atoms with Gasteiger partial charge in [0.15, 0.2) is 34.7 Å². The van der Waals surface area contributed by atoms with E-state index in [1.807, 2.05) is 0 Å². The van der Waals surface area contributed by atoms with Crippen molar-refractivity contribution in [3.63, 3.8) is 0 Å². The normalized spacial score (nSPS) is 38.0. The lowest BCUT2D eigenvalue weighted by molar-refractivity contribution is -0.189. The number of carbonyl (C=O) groups is 5. The molecule has 0 saturated heterocycles. The molecule has 0 radical (unpaired) electrons. The maximum atomic E-state index is 13.3. The first-order valence-electron chi connectivity index (χ1n) is 9.41. The standard InChI is InChI=1S/C20H20N2O8/c1-5-6-2-3-8(21)15(25)11(6)16(26)13-10(5)14(24)7-4-9(23)12(19(22)29)17(27)20(7,30)18(13)28/h2-3,5,7,10,12-14,24-25,30H,4,21H2,1H3,(H2,22,29)/t5-,7+,10+,12?,13?,14+,20+/m0/s1. The number of amides is 1. The first-order chi connectivity index (χ1) is 13.9. The lowest BCUT2D eigenvalue weighted by Crippen LogP contribution is -2.72. The number of hydrogen-bond donors (Lipinski definition) is 5. The Morgan fingerprint density at radius 3 is 2.40 bits per heavy atom. The van der Waals surface area contributed by atoms with Gasteiger partial charge in [-0.25, -0.2) is 0 Å². The van der Waals surface area contributed by atoms with Crippen LogP contribution in [-0.4, -0.2) is 56.1 Å². The number of fused-ring (bicyclic) bond motifs is 3. The van der Waals surface area contributed by atoms with Crippen LogP contribution in [0.25, 0.3) is 0 Å². The first-order valence-corrected chi connectivity index (χ1v) is 9.41. The zero-order valence-electron chi connectivity index (χ0n) is 15.9. The Kier molecular flexibility index (Phi) is 4.16. The zero-order valence-corrected chi connectivity index (χ0v) is 15.9. The van der Waals surface area contributed by atoms with Crippen molar-refractivity contribution in [1.82, 2.24) is 0 Å². The van der Waals surface area contributed by atoms with Crippen molar-refractivity contribution < 1.29 is 39.3 Å². The summed E-state index contributed by atoms with van der Waals surface area (Å²) in [5, 5.41) is 32.4. The Hall–Kier alpha value is -3.11. The SMILES string of the molecule is C[C@H]1c2ccc(N)c(O)c2C(=O)C2C(=O)[C@]3(O)C(=O)C(C(N)=O)C(=O)C[C@@H]3[C@@H](O)[C@@H]21. The van der Waals surface area contributed by atoms with Crippen LogP contribution in [0.1, 0.15) is 35.2 Å². The second-order valence-corrected chi connectivity index (χ2v) is 8.27. The summed E-state index contributed by atoms with van der Waals surface area (Å²) in [6.45, 7) is 1.62. The second-order valence-electron chi connectivity index (χ2n) is 8.27. The molecule has 30 heavy (non-hydrogen) atoms. The highest BCUT2D eigenvalue weighted by atomic mass is 16.3. The summed E-state index contributed by atoms with van der Waals surface area (Å²) in [5.74, 6) is -13.2. The molecule has 10 heteroatoms. The number of aromatic hydroxyl groups is 1. The Balaban J connectivity index is 1.91. The molecule has 2 saturated carbocycles. The minimum absolute atomic E-state index is 0.0960. The molecule has 1 aromatic rings. The predicted molar refractivity (Wildman–Crippen MR) is 99.0 cm³/mol. The van der Waals surface area contributed by atoms with E-state index in [-0.39, 0.29) is 11.3 Å². The average molecular weight is 416 g/mol. The van der Waals surface area contributed by atoms with Gasteiger partial charge in [0.2, 0.25) is 5.91 Å². The van der Waals surface area contributed by atoms with E-state index in [1.165, 1.54) is 12.1 Å². The zero-order chi connectivity index (χ0) is 22.3. The van der Waals surface area contributed by atoms with E-state index in [9.17, 15) is 39.3 Å². The van der Waals surface area contributed by atoms with E-state index < -0.39 is 82.5 Å². The van der Waals surface area contributed by atoms with Gasteiger partial charge in [-0.05, 0) is 17.5 Å². The first kappa shape index (κ1) is 20.2. The lowest BCUT2D eigenvalue weighted by Gasteiger charge is -2.52. The third-order valence-corrected chi connectivity index (χ3v) is 6.89. The van der Waals surface area contributed by atoms with Crippen LogP contribution in [0, 0.1) is 23.7 Å². The number of ketones is 4. The fourth-order valence-corrected chi connectivity index (χ4v) is 5.37. The highest BCUT2D eigenvalue weighted by Crippen LogP contribution is 2.54. The van der Waals surface area contributed by atoms with Gasteiger partial charge in [-0.1, -0.05) is 13.0 Å². The number of hydrogen-bond acceptors (Lipinski definition) is 9. The Bertz CT molecular complexity index is 1050. The molecule has 1 amide bonds. The maximum Gasteiger partial charge on any atom is 0.235 e. The monoisotopic (exact) mass is 416 g/mol. The number of phenols is 1. The molecule has 0 bridgehead atoms. The molecule has 3 aliphatic carbocycles. The van der Waals surface area contributed by atoms with Crippen molar-refractivity contribution in [2.24, 2.45) is 29.4 Å². The molecular weight excluding hydrogens is 396 g/mol. The van der Waals surface area contributed by atoms with Crippen LogP contribution in [-0.2, 0) is 19.2 Å². The second kappa shape index (κ2) is 6.19. The van der Waals surface area contributed by atoms with Crippen molar-refractivity contribution >= 4 is 34.7 Å². The lowest BCUT2D eigenvalue weighted by atomic mass is 9.50. The fourth-order valence-electron chi connectivity index (χ4n) is 5.37. The van der Waals surface area contributed by atoms with Crippen molar-refractivity contribution in [1.29, 1.82) is 0 Å². The average Bonchev–Trinajstić information content (AvgIpc) is 2.67. The number of nitrogen functional groups attached to an aromatic ring is 1. The van der Waals surface area contributed by atoms with Crippen LogP contribution in [0.4, 0.5) is 5.69 Å². The molecule has 158 valence electrons. The van der Waals surface area contributed by atoms with Gasteiger partial charge in [0.25, 0.3) is 0 Å². The predicted octanol–water partition coefficient (Wildman–Crippen LogP) is -1.56. The summed E-state index contributed by atoms with van der Waals surface area (Å²) in [6, 6.07) is 2.89. The highest BCUT2D eigenvalue weighted by Gasteiger charge is 2.69. The number of nitrogens with two attached hydrogens (primary N) is 2. The molecule has 3 aliphatic rings. The maximum absolute atomic E-state index is 13.3. The molecule has 0 aromatic heterocycles.